The predicted octanol–water partition coefficient (Wildman–Crippen LogP) is 4.06. The highest BCUT2D eigenvalue weighted by atomic mass is 35.5. The van der Waals surface area contributed by atoms with Crippen molar-refractivity contribution in [2.75, 3.05) is 6.26 Å². The lowest BCUT2D eigenvalue weighted by atomic mass is 10.2. The van der Waals surface area contributed by atoms with Crippen LogP contribution in [-0.4, -0.2) is 20.6 Å². The second kappa shape index (κ2) is 5.10. The van der Waals surface area contributed by atoms with Gasteiger partial charge in [-0.3, -0.25) is 0 Å². The van der Waals surface area contributed by atoms with Gasteiger partial charge in [0.05, 0.1) is 11.4 Å². The van der Waals surface area contributed by atoms with E-state index in [1.807, 2.05) is 10.6 Å². The Morgan fingerprint density at radius 2 is 2.17 bits per heavy atom. The smallest absolute Gasteiger partial charge is 0.151 e. The average Bonchev–Trinajstić information content (AvgIpc) is 2.69. The Labute approximate surface area is 116 Å². The van der Waals surface area contributed by atoms with Crippen LogP contribution in [0.1, 0.15) is 19.7 Å². The molecule has 0 fully saturated rings. The van der Waals surface area contributed by atoms with Gasteiger partial charge >= 0.3 is 0 Å². The fourth-order valence-corrected chi connectivity index (χ4v) is 2.35. The quantitative estimate of drug-likeness (QED) is 0.789. The first-order chi connectivity index (χ1) is 8.48. The number of thioether (sulfide) groups is 1. The molecule has 18 heavy (non-hydrogen) atoms. The van der Waals surface area contributed by atoms with Crippen molar-refractivity contribution in [3.8, 4) is 0 Å². The number of fused-ring (bicyclic) bond motifs is 1. The van der Waals surface area contributed by atoms with Crippen LogP contribution in [0, 0.1) is 5.82 Å². The highest BCUT2D eigenvalue weighted by Gasteiger charge is 2.21. The van der Waals surface area contributed by atoms with Crippen LogP contribution in [0.3, 0.4) is 0 Å². The second-order valence-electron chi connectivity index (χ2n) is 4.82. The molecular formula is C13H16ClFN2S. The Morgan fingerprint density at radius 1 is 1.44 bits per heavy atom. The van der Waals surface area contributed by atoms with Crippen LogP contribution in [0.5, 0.6) is 0 Å². The molecule has 0 radical (unpaired) electrons. The van der Waals surface area contributed by atoms with Crippen LogP contribution in [-0.2, 0) is 12.4 Å². The van der Waals surface area contributed by atoms with Crippen LogP contribution in [0.15, 0.2) is 18.2 Å². The van der Waals surface area contributed by atoms with Crippen molar-refractivity contribution < 1.29 is 4.39 Å². The summed E-state index contributed by atoms with van der Waals surface area (Å²) >= 11 is 7.69. The molecular weight excluding hydrogens is 271 g/mol. The van der Waals surface area contributed by atoms with Gasteiger partial charge in [0.2, 0.25) is 0 Å². The first-order valence-corrected chi connectivity index (χ1v) is 7.49. The minimum atomic E-state index is -0.292. The standard InChI is InChI=1S/C13H16ClFN2S/c1-13(2,18-3)8-17-10-6-4-5-9(15)12(10)16-11(17)7-14/h4-6H,7-8H2,1-3H3. The van der Waals surface area contributed by atoms with E-state index in [0.29, 0.717) is 11.4 Å². The Balaban J connectivity index is 2.57. The third-order valence-corrected chi connectivity index (χ3v) is 4.49. The lowest BCUT2D eigenvalue weighted by Gasteiger charge is -2.23. The molecule has 0 atom stereocenters. The van der Waals surface area contributed by atoms with Gasteiger partial charge in [-0.25, -0.2) is 9.37 Å². The number of aromatic nitrogens is 2. The number of para-hydroxylation sites is 1. The molecule has 2 rings (SSSR count). The number of rotatable bonds is 4. The molecule has 0 N–H and O–H groups in total. The lowest BCUT2D eigenvalue weighted by molar-refractivity contribution is 0.566. The summed E-state index contributed by atoms with van der Waals surface area (Å²) in [6.07, 6.45) is 2.07. The first kappa shape index (κ1) is 13.7. The van der Waals surface area contributed by atoms with Gasteiger partial charge in [0.25, 0.3) is 0 Å². The van der Waals surface area contributed by atoms with Crippen LogP contribution < -0.4 is 0 Å². The summed E-state index contributed by atoms with van der Waals surface area (Å²) in [5.41, 5.74) is 1.22. The molecule has 0 spiro atoms. The van der Waals surface area contributed by atoms with Gasteiger partial charge < -0.3 is 4.57 Å². The number of benzene rings is 1. The Hall–Kier alpha value is -0.740. The predicted molar refractivity (Wildman–Crippen MR) is 76.8 cm³/mol. The fraction of sp³-hybridized carbons (Fsp3) is 0.462. The molecule has 0 unspecified atom stereocenters. The van der Waals surface area contributed by atoms with E-state index >= 15 is 0 Å². The SMILES string of the molecule is CSC(C)(C)Cn1c(CCl)nc2c(F)cccc21. The van der Waals surface area contributed by atoms with E-state index in [-0.39, 0.29) is 10.6 Å². The van der Waals surface area contributed by atoms with Crippen LogP contribution >= 0.6 is 23.4 Å². The monoisotopic (exact) mass is 286 g/mol. The van der Waals surface area contributed by atoms with Gasteiger partial charge in [-0.05, 0) is 32.2 Å². The molecule has 2 nitrogen and oxygen atoms in total. The van der Waals surface area contributed by atoms with Crippen molar-refractivity contribution >= 4 is 34.4 Å². The van der Waals surface area contributed by atoms with Crippen molar-refractivity contribution in [1.29, 1.82) is 0 Å². The minimum absolute atomic E-state index is 0.0563. The molecule has 1 heterocycles. The van der Waals surface area contributed by atoms with E-state index in [0.717, 1.165) is 17.9 Å². The highest BCUT2D eigenvalue weighted by molar-refractivity contribution is 7.99. The van der Waals surface area contributed by atoms with Crippen LogP contribution in [0.2, 0.25) is 0 Å². The normalized spacial score (nSPS) is 12.3. The van der Waals surface area contributed by atoms with Gasteiger partial charge in [0, 0.05) is 11.3 Å². The summed E-state index contributed by atoms with van der Waals surface area (Å²) in [6, 6.07) is 5.02. The minimum Gasteiger partial charge on any atom is -0.325 e. The molecule has 0 aliphatic rings. The van der Waals surface area contributed by atoms with E-state index in [1.54, 1.807) is 17.8 Å². The molecule has 5 heteroatoms. The van der Waals surface area contributed by atoms with Crippen molar-refractivity contribution in [2.45, 2.75) is 31.0 Å². The van der Waals surface area contributed by atoms with Crippen LogP contribution in [0.25, 0.3) is 11.0 Å². The van der Waals surface area contributed by atoms with E-state index in [2.05, 4.69) is 25.1 Å². The van der Waals surface area contributed by atoms with Gasteiger partial charge in [0.1, 0.15) is 11.3 Å². The lowest BCUT2D eigenvalue weighted by Crippen LogP contribution is -2.23. The summed E-state index contributed by atoms with van der Waals surface area (Å²) in [6.45, 7) is 5.07. The summed E-state index contributed by atoms with van der Waals surface area (Å²) in [5, 5.41) is 0. The average molecular weight is 287 g/mol. The second-order valence-corrected chi connectivity index (χ2v) is 6.60. The zero-order chi connectivity index (χ0) is 13.3. The fourth-order valence-electron chi connectivity index (χ4n) is 1.88. The van der Waals surface area contributed by atoms with E-state index in [1.165, 1.54) is 6.07 Å². The molecule has 0 aliphatic carbocycles. The van der Waals surface area contributed by atoms with E-state index < -0.39 is 0 Å². The number of alkyl halides is 1. The van der Waals surface area contributed by atoms with Crippen molar-refractivity contribution in [3.63, 3.8) is 0 Å². The summed E-state index contributed by atoms with van der Waals surface area (Å²) in [5.74, 6) is 0.719. The largest absolute Gasteiger partial charge is 0.325 e. The third-order valence-electron chi connectivity index (χ3n) is 3.02. The molecule has 0 bridgehead atoms. The molecule has 1 aromatic heterocycles. The van der Waals surface area contributed by atoms with Crippen molar-refractivity contribution in [2.24, 2.45) is 0 Å². The molecule has 0 aliphatic heterocycles. The number of hydrogen-bond donors (Lipinski definition) is 0. The molecule has 2 aromatic rings. The molecule has 98 valence electrons. The van der Waals surface area contributed by atoms with Gasteiger partial charge in [-0.15, -0.1) is 11.6 Å². The van der Waals surface area contributed by atoms with Gasteiger partial charge in [0.15, 0.2) is 5.82 Å². The number of imidazole rings is 1. The molecule has 1 aromatic carbocycles. The van der Waals surface area contributed by atoms with Crippen molar-refractivity contribution in [1.82, 2.24) is 9.55 Å². The highest BCUT2D eigenvalue weighted by Crippen LogP contribution is 2.28. The van der Waals surface area contributed by atoms with E-state index in [4.69, 9.17) is 11.6 Å². The first-order valence-electron chi connectivity index (χ1n) is 5.73. The maximum Gasteiger partial charge on any atom is 0.151 e. The maximum absolute atomic E-state index is 13.7. The van der Waals surface area contributed by atoms with Crippen molar-refractivity contribution in [3.05, 3.63) is 29.8 Å². The Bertz CT molecular complexity index is 565. The zero-order valence-electron chi connectivity index (χ0n) is 10.7. The maximum atomic E-state index is 13.7. The van der Waals surface area contributed by atoms with Crippen LogP contribution in [0.4, 0.5) is 4.39 Å². The van der Waals surface area contributed by atoms with Gasteiger partial charge in [-0.2, -0.15) is 11.8 Å². The summed E-state index contributed by atoms with van der Waals surface area (Å²) in [4.78, 5) is 4.30. The van der Waals surface area contributed by atoms with E-state index in [9.17, 15) is 4.39 Å². The summed E-state index contributed by atoms with van der Waals surface area (Å²) < 4.78 is 15.8. The number of halogens is 2. The number of hydrogen-bond acceptors (Lipinski definition) is 2. The zero-order valence-corrected chi connectivity index (χ0v) is 12.3. The third kappa shape index (κ3) is 2.50. The Kier molecular flexibility index (Phi) is 3.87. The Morgan fingerprint density at radius 3 is 2.78 bits per heavy atom. The number of nitrogens with zero attached hydrogens (tertiary/aromatic N) is 2. The topological polar surface area (TPSA) is 17.8 Å². The molecule has 0 saturated heterocycles. The molecule has 0 saturated carbocycles. The molecule has 0 amide bonds. The van der Waals surface area contributed by atoms with Gasteiger partial charge in [-0.1, -0.05) is 6.07 Å². The summed E-state index contributed by atoms with van der Waals surface area (Å²) in [7, 11) is 0.